The zero-order chi connectivity index (χ0) is 17.7. The maximum atomic E-state index is 12.2. The number of amides is 1. The first-order valence-electron chi connectivity index (χ1n) is 7.28. The fourth-order valence-electron chi connectivity index (χ4n) is 2.31. The normalized spacial score (nSPS) is 10.3. The number of nitrogens with zero attached hydrogens (tertiary/aromatic N) is 1. The summed E-state index contributed by atoms with van der Waals surface area (Å²) in [5.74, 6) is 0.304. The molecule has 0 aliphatic rings. The van der Waals surface area contributed by atoms with Crippen molar-refractivity contribution in [2.75, 3.05) is 13.7 Å². The van der Waals surface area contributed by atoms with Crippen molar-refractivity contribution < 1.29 is 14.5 Å². The molecule has 0 heterocycles. The molecule has 126 valence electrons. The van der Waals surface area contributed by atoms with Crippen molar-refractivity contribution in [3.05, 3.63) is 68.2 Å². The first-order chi connectivity index (χ1) is 11.4. The molecule has 7 heteroatoms. The highest BCUT2D eigenvalue weighted by atomic mass is 35.5. The van der Waals surface area contributed by atoms with Crippen LogP contribution in [0.2, 0.25) is 5.02 Å². The zero-order valence-corrected chi connectivity index (χ0v) is 14.1. The summed E-state index contributed by atoms with van der Waals surface area (Å²) in [7, 11) is 1.59. The summed E-state index contributed by atoms with van der Waals surface area (Å²) in [6.45, 7) is 2.34. The lowest BCUT2D eigenvalue weighted by molar-refractivity contribution is -0.384. The van der Waals surface area contributed by atoms with E-state index in [1.54, 1.807) is 7.11 Å². The fourth-order valence-corrected chi connectivity index (χ4v) is 2.51. The Kier molecular flexibility index (Phi) is 5.76. The van der Waals surface area contributed by atoms with Gasteiger partial charge in [-0.05, 0) is 31.0 Å². The van der Waals surface area contributed by atoms with Gasteiger partial charge in [-0.2, -0.15) is 0 Å². The molecule has 0 bridgehead atoms. The molecule has 24 heavy (non-hydrogen) atoms. The number of ether oxygens (including phenoxy) is 1. The number of nitrogens with one attached hydrogen (secondary N) is 1. The van der Waals surface area contributed by atoms with E-state index >= 15 is 0 Å². The van der Waals surface area contributed by atoms with Crippen LogP contribution >= 0.6 is 11.6 Å². The van der Waals surface area contributed by atoms with Gasteiger partial charge in [0.2, 0.25) is 0 Å². The molecule has 2 rings (SSSR count). The van der Waals surface area contributed by atoms with Gasteiger partial charge in [-0.3, -0.25) is 14.9 Å². The van der Waals surface area contributed by atoms with Gasteiger partial charge in [-0.25, -0.2) is 0 Å². The molecule has 0 saturated heterocycles. The fraction of sp³-hybridized carbons (Fsp3) is 0.235. The van der Waals surface area contributed by atoms with Crippen LogP contribution in [0.4, 0.5) is 5.69 Å². The molecule has 0 spiro atoms. The second-order valence-corrected chi connectivity index (χ2v) is 5.65. The predicted octanol–water partition coefficient (Wildman–Crippen LogP) is 3.54. The van der Waals surface area contributed by atoms with E-state index in [1.165, 1.54) is 18.2 Å². The number of benzene rings is 2. The van der Waals surface area contributed by atoms with Crippen molar-refractivity contribution >= 4 is 23.2 Å². The summed E-state index contributed by atoms with van der Waals surface area (Å²) in [6, 6.07) is 9.60. The van der Waals surface area contributed by atoms with Gasteiger partial charge in [-0.1, -0.05) is 29.3 Å². The predicted molar refractivity (Wildman–Crippen MR) is 91.9 cm³/mol. The largest absolute Gasteiger partial charge is 0.496 e. The molecule has 2 aromatic carbocycles. The van der Waals surface area contributed by atoms with Gasteiger partial charge >= 0.3 is 0 Å². The number of rotatable bonds is 6. The smallest absolute Gasteiger partial charge is 0.270 e. The van der Waals surface area contributed by atoms with Gasteiger partial charge in [0, 0.05) is 18.7 Å². The quantitative estimate of drug-likeness (QED) is 0.639. The summed E-state index contributed by atoms with van der Waals surface area (Å²) >= 11 is 5.96. The highest BCUT2D eigenvalue weighted by molar-refractivity contribution is 6.33. The molecule has 0 unspecified atom stereocenters. The van der Waals surface area contributed by atoms with Gasteiger partial charge in [0.1, 0.15) is 5.75 Å². The van der Waals surface area contributed by atoms with Crippen molar-refractivity contribution in [2.45, 2.75) is 13.3 Å². The first kappa shape index (κ1) is 17.7. The Labute approximate surface area is 144 Å². The molecular formula is C17H17ClN2O4. The highest BCUT2D eigenvalue weighted by Crippen LogP contribution is 2.22. The van der Waals surface area contributed by atoms with Crippen molar-refractivity contribution in [3.8, 4) is 5.75 Å². The molecule has 0 saturated carbocycles. The lowest BCUT2D eigenvalue weighted by atomic mass is 10.1. The number of hydrogen-bond acceptors (Lipinski definition) is 4. The second kappa shape index (κ2) is 7.79. The SMILES string of the molecule is COc1ccc(C)cc1CCNC(=O)c1cc([N+](=O)[O-])ccc1Cl. The summed E-state index contributed by atoms with van der Waals surface area (Å²) in [4.78, 5) is 22.4. The number of carbonyl (C=O) groups excluding carboxylic acids is 1. The molecule has 1 amide bonds. The number of carbonyl (C=O) groups is 1. The third-order valence-corrected chi connectivity index (χ3v) is 3.85. The van der Waals surface area contributed by atoms with Gasteiger partial charge in [-0.15, -0.1) is 0 Å². The van der Waals surface area contributed by atoms with Crippen LogP contribution in [0.1, 0.15) is 21.5 Å². The topological polar surface area (TPSA) is 81.5 Å². The molecule has 0 fully saturated rings. The number of hydrogen-bond donors (Lipinski definition) is 1. The van der Waals surface area contributed by atoms with E-state index in [-0.39, 0.29) is 16.3 Å². The number of nitro groups is 1. The molecule has 0 aliphatic heterocycles. The molecule has 0 aliphatic carbocycles. The van der Waals surface area contributed by atoms with Crippen LogP contribution < -0.4 is 10.1 Å². The van der Waals surface area contributed by atoms with Crippen molar-refractivity contribution in [2.24, 2.45) is 0 Å². The standard InChI is InChI=1S/C17H17ClN2O4/c1-11-3-6-16(24-2)12(9-11)7-8-19-17(21)14-10-13(20(22)23)4-5-15(14)18/h3-6,9-10H,7-8H2,1-2H3,(H,19,21). The zero-order valence-electron chi connectivity index (χ0n) is 13.3. The van der Waals surface area contributed by atoms with Crippen LogP contribution in [-0.4, -0.2) is 24.5 Å². The Balaban J connectivity index is 2.05. The maximum absolute atomic E-state index is 12.2. The van der Waals surface area contributed by atoms with Gasteiger partial charge < -0.3 is 10.1 Å². The van der Waals surface area contributed by atoms with Crippen molar-refractivity contribution in [3.63, 3.8) is 0 Å². The third kappa shape index (κ3) is 4.23. The number of halogens is 1. The van der Waals surface area contributed by atoms with Crippen LogP contribution in [0.5, 0.6) is 5.75 Å². The van der Waals surface area contributed by atoms with E-state index in [9.17, 15) is 14.9 Å². The van der Waals surface area contributed by atoms with Gasteiger partial charge in [0.05, 0.1) is 22.6 Å². The van der Waals surface area contributed by atoms with Crippen LogP contribution in [0.25, 0.3) is 0 Å². The minimum atomic E-state index is -0.565. The van der Waals surface area contributed by atoms with Crippen LogP contribution in [0, 0.1) is 17.0 Å². The molecule has 0 radical (unpaired) electrons. The third-order valence-electron chi connectivity index (χ3n) is 3.52. The van der Waals surface area contributed by atoms with Crippen molar-refractivity contribution in [1.29, 1.82) is 0 Å². The summed E-state index contributed by atoms with van der Waals surface area (Å²) in [5, 5.41) is 13.7. The Morgan fingerprint density at radius 3 is 2.71 bits per heavy atom. The molecule has 6 nitrogen and oxygen atoms in total. The molecule has 0 atom stereocenters. The second-order valence-electron chi connectivity index (χ2n) is 5.24. The van der Waals surface area contributed by atoms with Crippen molar-refractivity contribution in [1.82, 2.24) is 5.32 Å². The first-order valence-corrected chi connectivity index (χ1v) is 7.66. The maximum Gasteiger partial charge on any atom is 0.270 e. The number of aryl methyl sites for hydroxylation is 1. The number of nitro benzene ring substituents is 1. The van der Waals surface area contributed by atoms with E-state index in [0.29, 0.717) is 13.0 Å². The van der Waals surface area contributed by atoms with E-state index in [0.717, 1.165) is 16.9 Å². The molecule has 2 aromatic rings. The van der Waals surface area contributed by atoms with Gasteiger partial charge in [0.15, 0.2) is 0 Å². The van der Waals surface area contributed by atoms with Gasteiger partial charge in [0.25, 0.3) is 11.6 Å². The summed E-state index contributed by atoms with van der Waals surface area (Å²) in [5.41, 5.74) is 1.98. The Morgan fingerprint density at radius 2 is 2.04 bits per heavy atom. The highest BCUT2D eigenvalue weighted by Gasteiger charge is 2.15. The van der Waals surface area contributed by atoms with Crippen LogP contribution in [-0.2, 0) is 6.42 Å². The molecule has 1 N–H and O–H groups in total. The van der Waals surface area contributed by atoms with E-state index in [1.807, 2.05) is 25.1 Å². The minimum Gasteiger partial charge on any atom is -0.496 e. The lowest BCUT2D eigenvalue weighted by Crippen LogP contribution is -2.26. The molecular weight excluding hydrogens is 332 g/mol. The van der Waals surface area contributed by atoms with Crippen LogP contribution in [0.3, 0.4) is 0 Å². The van der Waals surface area contributed by atoms with E-state index in [4.69, 9.17) is 16.3 Å². The summed E-state index contributed by atoms with van der Waals surface area (Å²) < 4.78 is 5.29. The monoisotopic (exact) mass is 348 g/mol. The van der Waals surface area contributed by atoms with E-state index < -0.39 is 10.8 Å². The Hall–Kier alpha value is -2.60. The Morgan fingerprint density at radius 1 is 1.29 bits per heavy atom. The molecule has 0 aromatic heterocycles. The number of methoxy groups -OCH3 is 1. The van der Waals surface area contributed by atoms with Crippen LogP contribution in [0.15, 0.2) is 36.4 Å². The lowest BCUT2D eigenvalue weighted by Gasteiger charge is -2.11. The van der Waals surface area contributed by atoms with E-state index in [2.05, 4.69) is 5.32 Å². The average Bonchev–Trinajstić information content (AvgIpc) is 2.55. The summed E-state index contributed by atoms with van der Waals surface area (Å²) in [6.07, 6.45) is 0.573. The minimum absolute atomic E-state index is 0.0853. The average molecular weight is 349 g/mol. The number of non-ortho nitro benzene ring substituents is 1. The Bertz CT molecular complexity index is 777.